The number of nitrogens with one attached hydrogen (secondary N) is 1. The van der Waals surface area contributed by atoms with E-state index >= 15 is 0 Å². The van der Waals surface area contributed by atoms with Gasteiger partial charge in [0.2, 0.25) is 5.91 Å². The van der Waals surface area contributed by atoms with Crippen LogP contribution in [0, 0.1) is 0 Å². The summed E-state index contributed by atoms with van der Waals surface area (Å²) >= 11 is 0. The Kier molecular flexibility index (Phi) is 5.33. The van der Waals surface area contributed by atoms with Crippen molar-refractivity contribution in [2.75, 3.05) is 13.2 Å². The molecule has 5 heteroatoms. The maximum absolute atomic E-state index is 11.9. The molecule has 1 aromatic carbocycles. The summed E-state index contributed by atoms with van der Waals surface area (Å²) < 4.78 is 11.1. The van der Waals surface area contributed by atoms with Gasteiger partial charge in [-0.3, -0.25) is 4.79 Å². The maximum atomic E-state index is 11.9. The van der Waals surface area contributed by atoms with Crippen LogP contribution >= 0.6 is 0 Å². The van der Waals surface area contributed by atoms with E-state index in [0.717, 1.165) is 6.42 Å². The largest absolute Gasteiger partial charge is 0.352 e. The molecule has 1 aromatic rings. The molecular formula is C16H24N2O3. The van der Waals surface area contributed by atoms with Crippen LogP contribution < -0.4 is 11.1 Å². The molecular weight excluding hydrogens is 268 g/mol. The van der Waals surface area contributed by atoms with Gasteiger partial charge in [-0.1, -0.05) is 30.3 Å². The quantitative estimate of drug-likeness (QED) is 0.826. The minimum absolute atomic E-state index is 0.106. The summed E-state index contributed by atoms with van der Waals surface area (Å²) in [6.07, 6.45) is 1.32. The van der Waals surface area contributed by atoms with Crippen LogP contribution in [0.1, 0.15) is 25.8 Å². The second-order valence-electron chi connectivity index (χ2n) is 5.83. The fraction of sp³-hybridized carbons (Fsp3) is 0.562. The van der Waals surface area contributed by atoms with Gasteiger partial charge < -0.3 is 20.5 Å². The van der Waals surface area contributed by atoms with Gasteiger partial charge in [0, 0.05) is 6.54 Å². The van der Waals surface area contributed by atoms with Crippen LogP contribution in [0.3, 0.4) is 0 Å². The third kappa shape index (κ3) is 5.12. The Labute approximate surface area is 125 Å². The van der Waals surface area contributed by atoms with Crippen LogP contribution in [0.15, 0.2) is 30.3 Å². The van der Waals surface area contributed by atoms with Crippen molar-refractivity contribution >= 4 is 5.91 Å². The van der Waals surface area contributed by atoms with E-state index in [0.29, 0.717) is 19.6 Å². The van der Waals surface area contributed by atoms with E-state index in [-0.39, 0.29) is 12.0 Å². The summed E-state index contributed by atoms with van der Waals surface area (Å²) in [5.41, 5.74) is 7.11. The van der Waals surface area contributed by atoms with E-state index in [9.17, 15) is 4.79 Å². The summed E-state index contributed by atoms with van der Waals surface area (Å²) in [7, 11) is 0. The van der Waals surface area contributed by atoms with E-state index < -0.39 is 11.8 Å². The number of carbonyl (C=O) groups is 1. The third-order valence-corrected chi connectivity index (χ3v) is 3.49. The molecule has 1 amide bonds. The van der Waals surface area contributed by atoms with Crippen molar-refractivity contribution in [1.29, 1.82) is 0 Å². The number of amides is 1. The average Bonchev–Trinajstić information content (AvgIpc) is 2.82. The molecule has 0 radical (unpaired) electrons. The Morgan fingerprint density at radius 2 is 2.14 bits per heavy atom. The average molecular weight is 292 g/mol. The van der Waals surface area contributed by atoms with Gasteiger partial charge in [0.25, 0.3) is 0 Å². The Balaban J connectivity index is 1.68. The fourth-order valence-corrected chi connectivity index (χ4v) is 2.31. The molecule has 5 nitrogen and oxygen atoms in total. The number of rotatable bonds is 6. The molecule has 0 spiro atoms. The molecule has 116 valence electrons. The van der Waals surface area contributed by atoms with E-state index in [1.807, 2.05) is 44.2 Å². The Morgan fingerprint density at radius 1 is 1.43 bits per heavy atom. The molecule has 1 fully saturated rings. The van der Waals surface area contributed by atoms with E-state index in [1.54, 1.807) is 0 Å². The Morgan fingerprint density at radius 3 is 2.76 bits per heavy atom. The lowest BCUT2D eigenvalue weighted by atomic mass is 10.1. The number of ether oxygens (including phenoxy) is 2. The Hall–Kier alpha value is -1.43. The van der Waals surface area contributed by atoms with Gasteiger partial charge in [-0.2, -0.15) is 0 Å². The molecule has 0 saturated carbocycles. The molecule has 2 unspecified atom stereocenters. The van der Waals surface area contributed by atoms with E-state index in [2.05, 4.69) is 5.32 Å². The highest BCUT2D eigenvalue weighted by Gasteiger charge is 2.32. The predicted molar refractivity (Wildman–Crippen MR) is 80.7 cm³/mol. The fourth-order valence-electron chi connectivity index (χ4n) is 2.31. The van der Waals surface area contributed by atoms with Crippen LogP contribution in [-0.4, -0.2) is 37.0 Å². The van der Waals surface area contributed by atoms with Gasteiger partial charge >= 0.3 is 0 Å². The molecule has 0 aliphatic carbocycles. The SMILES string of the molecule is CC1(C)OCC(CNC(=O)C(N)CCc2ccccc2)O1. The van der Waals surface area contributed by atoms with Crippen molar-refractivity contribution in [3.8, 4) is 0 Å². The summed E-state index contributed by atoms with van der Waals surface area (Å²) in [6, 6.07) is 9.52. The van der Waals surface area contributed by atoms with Crippen LogP contribution in [-0.2, 0) is 20.7 Å². The highest BCUT2D eigenvalue weighted by atomic mass is 16.7. The highest BCUT2D eigenvalue weighted by molar-refractivity contribution is 5.81. The summed E-state index contributed by atoms with van der Waals surface area (Å²) in [6.45, 7) is 4.65. The van der Waals surface area contributed by atoms with Crippen LogP contribution in [0.4, 0.5) is 0 Å². The highest BCUT2D eigenvalue weighted by Crippen LogP contribution is 2.21. The first kappa shape index (κ1) is 15.9. The van der Waals surface area contributed by atoms with Crippen LogP contribution in [0.5, 0.6) is 0 Å². The third-order valence-electron chi connectivity index (χ3n) is 3.49. The summed E-state index contributed by atoms with van der Waals surface area (Å²) in [5.74, 6) is -0.704. The summed E-state index contributed by atoms with van der Waals surface area (Å²) in [5, 5.41) is 2.83. The molecule has 3 N–H and O–H groups in total. The van der Waals surface area contributed by atoms with Crippen molar-refractivity contribution in [2.24, 2.45) is 5.73 Å². The second kappa shape index (κ2) is 7.02. The van der Waals surface area contributed by atoms with E-state index in [1.165, 1.54) is 5.56 Å². The van der Waals surface area contributed by atoms with Crippen LogP contribution in [0.25, 0.3) is 0 Å². The number of hydrogen-bond donors (Lipinski definition) is 2. The van der Waals surface area contributed by atoms with Gasteiger partial charge in [-0.25, -0.2) is 0 Å². The normalized spacial score (nSPS) is 22.0. The monoisotopic (exact) mass is 292 g/mol. The smallest absolute Gasteiger partial charge is 0.237 e. The first-order chi connectivity index (χ1) is 9.96. The number of benzene rings is 1. The topological polar surface area (TPSA) is 73.6 Å². The molecule has 1 saturated heterocycles. The lowest BCUT2D eigenvalue weighted by Crippen LogP contribution is -2.44. The molecule has 0 aromatic heterocycles. The lowest BCUT2D eigenvalue weighted by molar-refractivity contribution is -0.139. The second-order valence-corrected chi connectivity index (χ2v) is 5.83. The molecule has 0 bridgehead atoms. The zero-order chi connectivity index (χ0) is 15.3. The van der Waals surface area contributed by atoms with Gasteiger partial charge in [0.15, 0.2) is 5.79 Å². The molecule has 2 rings (SSSR count). The van der Waals surface area contributed by atoms with Crippen LogP contribution in [0.2, 0.25) is 0 Å². The number of hydrogen-bond acceptors (Lipinski definition) is 4. The number of nitrogens with two attached hydrogens (primary N) is 1. The van der Waals surface area contributed by atoms with Gasteiger partial charge in [0.1, 0.15) is 6.10 Å². The van der Waals surface area contributed by atoms with Gasteiger partial charge in [-0.05, 0) is 32.3 Å². The number of aryl methyl sites for hydroxylation is 1. The molecule has 1 heterocycles. The Bertz CT molecular complexity index is 462. The first-order valence-corrected chi connectivity index (χ1v) is 7.35. The van der Waals surface area contributed by atoms with Gasteiger partial charge in [-0.15, -0.1) is 0 Å². The zero-order valence-electron chi connectivity index (χ0n) is 12.7. The van der Waals surface area contributed by atoms with Crippen molar-refractivity contribution in [2.45, 2.75) is 44.6 Å². The van der Waals surface area contributed by atoms with Crippen molar-refractivity contribution < 1.29 is 14.3 Å². The van der Waals surface area contributed by atoms with Crippen molar-refractivity contribution in [1.82, 2.24) is 5.32 Å². The minimum atomic E-state index is -0.565. The molecule has 1 aliphatic heterocycles. The first-order valence-electron chi connectivity index (χ1n) is 7.35. The molecule has 2 atom stereocenters. The maximum Gasteiger partial charge on any atom is 0.237 e. The molecule has 1 aliphatic rings. The predicted octanol–water partition coefficient (Wildman–Crippen LogP) is 1.21. The standard InChI is InChI=1S/C16H24N2O3/c1-16(2)20-11-13(21-16)10-18-15(19)14(17)9-8-12-6-4-3-5-7-12/h3-7,13-14H,8-11,17H2,1-2H3,(H,18,19). The van der Waals surface area contributed by atoms with Gasteiger partial charge in [0.05, 0.1) is 12.6 Å². The summed E-state index contributed by atoms with van der Waals surface area (Å²) in [4.78, 5) is 11.9. The zero-order valence-corrected chi connectivity index (χ0v) is 12.7. The van der Waals surface area contributed by atoms with Crippen molar-refractivity contribution in [3.63, 3.8) is 0 Å². The minimum Gasteiger partial charge on any atom is -0.352 e. The number of carbonyl (C=O) groups excluding carboxylic acids is 1. The van der Waals surface area contributed by atoms with Crippen molar-refractivity contribution in [3.05, 3.63) is 35.9 Å². The van der Waals surface area contributed by atoms with E-state index in [4.69, 9.17) is 15.2 Å². The lowest BCUT2D eigenvalue weighted by Gasteiger charge is -2.18. The molecule has 21 heavy (non-hydrogen) atoms.